The molecule has 168 valence electrons. The van der Waals surface area contributed by atoms with Crippen LogP contribution in [0.15, 0.2) is 29.3 Å². The van der Waals surface area contributed by atoms with E-state index in [1.807, 2.05) is 0 Å². The Bertz CT molecular complexity index is 629. The van der Waals surface area contributed by atoms with Crippen LogP contribution < -0.4 is 10.6 Å². The van der Waals surface area contributed by atoms with Gasteiger partial charge in [0.15, 0.2) is 5.96 Å². The summed E-state index contributed by atoms with van der Waals surface area (Å²) < 4.78 is 22.6. The number of hydrogen-bond acceptors (Lipinski definition) is 5. The highest BCUT2D eigenvalue weighted by atomic mass is 16.5. The first-order chi connectivity index (χ1) is 14.8. The van der Waals surface area contributed by atoms with Crippen molar-refractivity contribution < 1.29 is 18.9 Å². The van der Waals surface area contributed by atoms with Crippen LogP contribution in [-0.2, 0) is 32.1 Å². The molecular weight excluding hydrogens is 382 g/mol. The number of guanidine groups is 1. The highest BCUT2D eigenvalue weighted by Crippen LogP contribution is 2.14. The zero-order chi connectivity index (χ0) is 20.9. The summed E-state index contributed by atoms with van der Waals surface area (Å²) in [5, 5.41) is 6.70. The van der Waals surface area contributed by atoms with E-state index in [9.17, 15) is 0 Å². The van der Waals surface area contributed by atoms with E-state index in [0.29, 0.717) is 19.3 Å². The molecule has 2 fully saturated rings. The van der Waals surface area contributed by atoms with E-state index in [2.05, 4.69) is 41.8 Å². The smallest absolute Gasteiger partial charge is 0.191 e. The van der Waals surface area contributed by atoms with Gasteiger partial charge in [0.25, 0.3) is 0 Å². The van der Waals surface area contributed by atoms with Crippen molar-refractivity contribution in [1.29, 1.82) is 0 Å². The molecule has 0 bridgehead atoms. The van der Waals surface area contributed by atoms with Crippen LogP contribution in [0.2, 0.25) is 0 Å². The number of nitrogens with one attached hydrogen (secondary N) is 2. The monoisotopic (exact) mass is 419 g/mol. The van der Waals surface area contributed by atoms with Crippen molar-refractivity contribution in [1.82, 2.24) is 10.6 Å². The Kier molecular flexibility index (Phi) is 10.4. The minimum atomic E-state index is 0.273. The molecule has 2 heterocycles. The molecule has 0 spiro atoms. The normalized spacial score (nSPS) is 20.4. The van der Waals surface area contributed by atoms with Crippen molar-refractivity contribution in [3.8, 4) is 0 Å². The van der Waals surface area contributed by atoms with Crippen LogP contribution in [0, 0.1) is 0 Å². The molecule has 1 unspecified atom stereocenters. The molecule has 1 aromatic rings. The van der Waals surface area contributed by atoms with Crippen LogP contribution in [0.5, 0.6) is 0 Å². The minimum absolute atomic E-state index is 0.273. The lowest BCUT2D eigenvalue weighted by molar-refractivity contribution is -0.0390. The van der Waals surface area contributed by atoms with Gasteiger partial charge in [0, 0.05) is 39.5 Å². The van der Waals surface area contributed by atoms with E-state index in [1.165, 1.54) is 11.1 Å². The Morgan fingerprint density at radius 3 is 2.63 bits per heavy atom. The fraction of sp³-hybridized carbons (Fsp3) is 0.696. The standard InChI is InChI=1S/C23H37N3O4/c1-2-24-23(25-10-4-11-29-22-9-14-28-18-22)26-16-19-5-3-6-20(15-19)17-30-21-7-12-27-13-8-21/h3,5-6,15,21-22H,2,4,7-14,16-18H2,1H3,(H2,24,25,26). The molecule has 2 N–H and O–H groups in total. The van der Waals surface area contributed by atoms with E-state index in [0.717, 1.165) is 77.8 Å². The predicted molar refractivity (Wildman–Crippen MR) is 118 cm³/mol. The van der Waals surface area contributed by atoms with E-state index >= 15 is 0 Å². The molecule has 2 aliphatic heterocycles. The summed E-state index contributed by atoms with van der Waals surface area (Å²) in [5.74, 6) is 0.838. The number of nitrogens with zero attached hydrogens (tertiary/aromatic N) is 1. The topological polar surface area (TPSA) is 73.3 Å². The van der Waals surface area contributed by atoms with Crippen LogP contribution in [0.4, 0.5) is 0 Å². The first kappa shape index (κ1) is 23.0. The summed E-state index contributed by atoms with van der Waals surface area (Å²) in [6.07, 6.45) is 4.52. The second kappa shape index (κ2) is 13.6. The van der Waals surface area contributed by atoms with Crippen LogP contribution in [0.3, 0.4) is 0 Å². The highest BCUT2D eigenvalue weighted by molar-refractivity contribution is 5.79. The van der Waals surface area contributed by atoms with Crippen molar-refractivity contribution >= 4 is 5.96 Å². The van der Waals surface area contributed by atoms with Gasteiger partial charge in [-0.2, -0.15) is 0 Å². The SMILES string of the molecule is CCNC(=NCc1cccc(COC2CCOCC2)c1)NCCCOC1CCOC1. The molecule has 0 amide bonds. The Morgan fingerprint density at radius 1 is 1.03 bits per heavy atom. The summed E-state index contributed by atoms with van der Waals surface area (Å²) >= 11 is 0. The predicted octanol–water partition coefficient (Wildman–Crippen LogP) is 2.63. The number of aliphatic imine (C=N–C) groups is 1. The van der Waals surface area contributed by atoms with Crippen molar-refractivity contribution in [3.05, 3.63) is 35.4 Å². The number of hydrogen-bond donors (Lipinski definition) is 2. The Labute approximate surface area is 180 Å². The molecule has 2 saturated heterocycles. The average molecular weight is 420 g/mol. The molecule has 1 atom stereocenters. The van der Waals surface area contributed by atoms with Crippen LogP contribution >= 0.6 is 0 Å². The van der Waals surface area contributed by atoms with E-state index in [-0.39, 0.29) is 6.10 Å². The summed E-state index contributed by atoms with van der Waals surface area (Å²) in [4.78, 5) is 4.73. The van der Waals surface area contributed by atoms with E-state index in [4.69, 9.17) is 23.9 Å². The molecule has 2 aliphatic rings. The third kappa shape index (κ3) is 8.60. The second-order valence-corrected chi connectivity index (χ2v) is 7.77. The van der Waals surface area contributed by atoms with Crippen LogP contribution in [0.1, 0.15) is 43.7 Å². The van der Waals surface area contributed by atoms with Gasteiger partial charge in [-0.05, 0) is 43.7 Å². The zero-order valence-corrected chi connectivity index (χ0v) is 18.2. The molecule has 30 heavy (non-hydrogen) atoms. The van der Waals surface area contributed by atoms with Gasteiger partial charge in [-0.15, -0.1) is 0 Å². The lowest BCUT2D eigenvalue weighted by Crippen LogP contribution is -2.38. The summed E-state index contributed by atoms with van der Waals surface area (Å²) in [6.45, 7) is 8.94. The van der Waals surface area contributed by atoms with Gasteiger partial charge >= 0.3 is 0 Å². The molecule has 7 heteroatoms. The third-order valence-corrected chi connectivity index (χ3v) is 5.26. The minimum Gasteiger partial charge on any atom is -0.381 e. The van der Waals surface area contributed by atoms with Crippen LogP contribution in [0.25, 0.3) is 0 Å². The second-order valence-electron chi connectivity index (χ2n) is 7.77. The largest absolute Gasteiger partial charge is 0.381 e. The molecular formula is C23H37N3O4. The fourth-order valence-corrected chi connectivity index (χ4v) is 3.56. The van der Waals surface area contributed by atoms with E-state index in [1.54, 1.807) is 0 Å². The van der Waals surface area contributed by atoms with Gasteiger partial charge in [0.1, 0.15) is 0 Å². The summed E-state index contributed by atoms with van der Waals surface area (Å²) in [7, 11) is 0. The number of benzene rings is 1. The third-order valence-electron chi connectivity index (χ3n) is 5.26. The maximum Gasteiger partial charge on any atom is 0.191 e. The fourth-order valence-electron chi connectivity index (χ4n) is 3.56. The molecule has 0 aromatic heterocycles. The van der Waals surface area contributed by atoms with Gasteiger partial charge in [-0.1, -0.05) is 24.3 Å². The maximum absolute atomic E-state index is 6.04. The number of ether oxygens (including phenoxy) is 4. The van der Waals surface area contributed by atoms with Gasteiger partial charge in [-0.25, -0.2) is 4.99 Å². The van der Waals surface area contributed by atoms with E-state index < -0.39 is 0 Å². The van der Waals surface area contributed by atoms with Crippen molar-refractivity contribution in [3.63, 3.8) is 0 Å². The van der Waals surface area contributed by atoms with Crippen molar-refractivity contribution in [2.75, 3.05) is 46.1 Å². The van der Waals surface area contributed by atoms with Crippen LogP contribution in [-0.4, -0.2) is 64.3 Å². The first-order valence-electron chi connectivity index (χ1n) is 11.3. The van der Waals surface area contributed by atoms with Gasteiger partial charge in [-0.3, -0.25) is 0 Å². The molecule has 0 saturated carbocycles. The first-order valence-corrected chi connectivity index (χ1v) is 11.3. The Balaban J connectivity index is 1.39. The molecule has 1 aromatic carbocycles. The lowest BCUT2D eigenvalue weighted by Gasteiger charge is -2.22. The quantitative estimate of drug-likeness (QED) is 0.326. The van der Waals surface area contributed by atoms with Gasteiger partial charge in [0.2, 0.25) is 0 Å². The lowest BCUT2D eigenvalue weighted by atomic mass is 10.1. The van der Waals surface area contributed by atoms with Crippen molar-refractivity contribution in [2.45, 2.75) is 58.0 Å². The highest BCUT2D eigenvalue weighted by Gasteiger charge is 2.15. The Morgan fingerprint density at radius 2 is 1.83 bits per heavy atom. The number of rotatable bonds is 11. The maximum atomic E-state index is 6.04. The van der Waals surface area contributed by atoms with Gasteiger partial charge < -0.3 is 29.6 Å². The molecule has 7 nitrogen and oxygen atoms in total. The zero-order valence-electron chi connectivity index (χ0n) is 18.2. The summed E-state index contributed by atoms with van der Waals surface area (Å²) in [6, 6.07) is 8.50. The Hall–Kier alpha value is -1.67. The average Bonchev–Trinajstić information content (AvgIpc) is 3.30. The molecule has 0 radical (unpaired) electrons. The van der Waals surface area contributed by atoms with Crippen molar-refractivity contribution in [2.24, 2.45) is 4.99 Å². The molecule has 0 aliphatic carbocycles. The summed E-state index contributed by atoms with van der Waals surface area (Å²) in [5.41, 5.74) is 2.38. The van der Waals surface area contributed by atoms with Gasteiger partial charge in [0.05, 0.1) is 32.0 Å². The molecule has 3 rings (SSSR count).